The highest BCUT2D eigenvalue weighted by Crippen LogP contribution is 2.23. The van der Waals surface area contributed by atoms with Crippen molar-refractivity contribution in [2.75, 3.05) is 11.9 Å². The zero-order chi connectivity index (χ0) is 22.1. The molecule has 0 radical (unpaired) electrons. The molecule has 0 saturated heterocycles. The SMILES string of the molecule is O=C(NC1CC1)c1ccc(N=C2C=C(Cl)NN3C2=NCC3C(=O)Nc2ccncc2)cc1. The number of nitrogens with one attached hydrogen (secondary N) is 3. The molecule has 10 heteroatoms. The molecule has 2 aliphatic heterocycles. The average molecular weight is 450 g/mol. The van der Waals surface area contributed by atoms with Gasteiger partial charge in [0.2, 0.25) is 0 Å². The van der Waals surface area contributed by atoms with Gasteiger partial charge in [0.15, 0.2) is 11.9 Å². The van der Waals surface area contributed by atoms with Crippen molar-refractivity contribution in [2.24, 2.45) is 9.98 Å². The molecular weight excluding hydrogens is 430 g/mol. The van der Waals surface area contributed by atoms with E-state index in [2.05, 4.69) is 31.0 Å². The largest absolute Gasteiger partial charge is 0.349 e. The van der Waals surface area contributed by atoms with E-state index in [0.29, 0.717) is 39.7 Å². The first-order valence-corrected chi connectivity index (χ1v) is 10.6. The second-order valence-corrected chi connectivity index (χ2v) is 8.08. The molecule has 3 aliphatic rings. The van der Waals surface area contributed by atoms with Gasteiger partial charge in [0.05, 0.1) is 12.2 Å². The first-order chi connectivity index (χ1) is 15.6. The Morgan fingerprint density at radius 2 is 1.88 bits per heavy atom. The quantitative estimate of drug-likeness (QED) is 0.607. The van der Waals surface area contributed by atoms with Crippen LogP contribution in [0.2, 0.25) is 0 Å². The van der Waals surface area contributed by atoms with Crippen LogP contribution in [0.5, 0.6) is 0 Å². The van der Waals surface area contributed by atoms with Crippen molar-refractivity contribution in [1.29, 1.82) is 0 Å². The normalized spacial score (nSPS) is 20.7. The zero-order valence-corrected chi connectivity index (χ0v) is 17.7. The van der Waals surface area contributed by atoms with Crippen molar-refractivity contribution in [2.45, 2.75) is 24.9 Å². The summed E-state index contributed by atoms with van der Waals surface area (Å²) in [7, 11) is 0. The van der Waals surface area contributed by atoms with Gasteiger partial charge in [-0.15, -0.1) is 0 Å². The van der Waals surface area contributed by atoms with Crippen molar-refractivity contribution in [3.63, 3.8) is 0 Å². The molecule has 2 amide bonds. The van der Waals surface area contributed by atoms with E-state index in [4.69, 9.17) is 11.6 Å². The second kappa shape index (κ2) is 8.43. The van der Waals surface area contributed by atoms with Gasteiger partial charge in [-0.1, -0.05) is 11.6 Å². The third-order valence-electron chi connectivity index (χ3n) is 5.22. The van der Waals surface area contributed by atoms with Crippen LogP contribution in [-0.4, -0.2) is 52.0 Å². The number of carbonyl (C=O) groups excluding carboxylic acids is 2. The average Bonchev–Trinajstić information content (AvgIpc) is 3.50. The fraction of sp³-hybridized carbons (Fsp3) is 0.227. The third kappa shape index (κ3) is 4.33. The summed E-state index contributed by atoms with van der Waals surface area (Å²) in [5, 5.41) is 7.77. The van der Waals surface area contributed by atoms with Crippen LogP contribution in [0.4, 0.5) is 11.4 Å². The Morgan fingerprint density at radius 3 is 2.59 bits per heavy atom. The maximum atomic E-state index is 12.8. The molecule has 32 heavy (non-hydrogen) atoms. The number of halogens is 1. The molecule has 162 valence electrons. The van der Waals surface area contributed by atoms with Crippen LogP contribution in [-0.2, 0) is 4.79 Å². The van der Waals surface area contributed by atoms with Gasteiger partial charge in [0.25, 0.3) is 11.8 Å². The molecule has 0 spiro atoms. The fourth-order valence-electron chi connectivity index (χ4n) is 3.41. The van der Waals surface area contributed by atoms with Crippen LogP contribution in [0.3, 0.4) is 0 Å². The standard InChI is InChI=1S/C22H20ClN7O2/c23-19-11-17(26-14-3-1-13(2-4-14)21(31)27-15-5-6-15)20-25-12-18(30(20)29-19)22(32)28-16-7-9-24-10-8-16/h1-4,7-11,15,18,29H,5-6,12H2,(H,27,31)(H,24,28,32). The molecule has 1 fully saturated rings. The molecule has 1 aromatic heterocycles. The van der Waals surface area contributed by atoms with Crippen LogP contribution in [0.25, 0.3) is 0 Å². The van der Waals surface area contributed by atoms with E-state index in [0.717, 1.165) is 12.8 Å². The summed E-state index contributed by atoms with van der Waals surface area (Å²) in [5.74, 6) is 0.227. The molecular formula is C22H20ClN7O2. The Labute approximate surface area is 189 Å². The minimum atomic E-state index is -0.584. The predicted molar refractivity (Wildman–Crippen MR) is 122 cm³/mol. The number of fused-ring (bicyclic) bond motifs is 1. The van der Waals surface area contributed by atoms with Gasteiger partial charge in [-0.2, -0.15) is 0 Å². The van der Waals surface area contributed by atoms with E-state index in [9.17, 15) is 9.59 Å². The monoisotopic (exact) mass is 449 g/mol. The first kappa shape index (κ1) is 20.2. The molecule has 1 atom stereocenters. The Morgan fingerprint density at radius 1 is 1.12 bits per heavy atom. The number of carbonyl (C=O) groups is 2. The summed E-state index contributed by atoms with van der Waals surface area (Å²) >= 11 is 6.28. The summed E-state index contributed by atoms with van der Waals surface area (Å²) in [6.07, 6.45) is 6.96. The van der Waals surface area contributed by atoms with E-state index in [1.165, 1.54) is 0 Å². The molecule has 1 aromatic carbocycles. The number of benzene rings is 1. The third-order valence-corrected chi connectivity index (χ3v) is 5.41. The van der Waals surface area contributed by atoms with Crippen LogP contribution in [0.15, 0.2) is 70.0 Å². The Bertz CT molecular complexity index is 1140. The summed E-state index contributed by atoms with van der Waals surface area (Å²) < 4.78 is 0. The molecule has 0 bridgehead atoms. The molecule has 3 N–H and O–H groups in total. The molecule has 9 nitrogen and oxygen atoms in total. The molecule has 2 aromatic rings. The maximum Gasteiger partial charge on any atom is 0.251 e. The number of rotatable bonds is 5. The number of amides is 2. The van der Waals surface area contributed by atoms with Crippen molar-refractivity contribution < 1.29 is 9.59 Å². The van der Waals surface area contributed by atoms with Gasteiger partial charge in [-0.05, 0) is 49.2 Å². The lowest BCUT2D eigenvalue weighted by Crippen LogP contribution is -2.54. The topological polar surface area (TPSA) is 111 Å². The fourth-order valence-corrected chi connectivity index (χ4v) is 3.61. The minimum Gasteiger partial charge on any atom is -0.349 e. The van der Waals surface area contributed by atoms with Crippen LogP contribution in [0, 0.1) is 0 Å². The van der Waals surface area contributed by atoms with Gasteiger partial charge in [0.1, 0.15) is 10.9 Å². The molecule has 3 heterocycles. The van der Waals surface area contributed by atoms with Crippen molar-refractivity contribution in [3.8, 4) is 0 Å². The molecule has 1 aliphatic carbocycles. The van der Waals surface area contributed by atoms with Crippen LogP contribution >= 0.6 is 11.6 Å². The Kier molecular flexibility index (Phi) is 5.32. The van der Waals surface area contributed by atoms with E-state index in [1.54, 1.807) is 59.9 Å². The number of aliphatic imine (C=N–C) groups is 2. The minimum absolute atomic E-state index is 0.0779. The number of nitrogens with zero attached hydrogens (tertiary/aromatic N) is 4. The highest BCUT2D eigenvalue weighted by molar-refractivity contribution is 6.49. The van der Waals surface area contributed by atoms with Gasteiger partial charge in [-0.25, -0.2) is 4.99 Å². The number of pyridine rings is 1. The number of anilines is 1. The van der Waals surface area contributed by atoms with E-state index >= 15 is 0 Å². The highest BCUT2D eigenvalue weighted by atomic mass is 35.5. The summed E-state index contributed by atoms with van der Waals surface area (Å²) in [6, 6.07) is 10.2. The summed E-state index contributed by atoms with van der Waals surface area (Å²) in [4.78, 5) is 38.1. The first-order valence-electron chi connectivity index (χ1n) is 10.3. The second-order valence-electron chi connectivity index (χ2n) is 7.67. The number of aromatic nitrogens is 1. The zero-order valence-electron chi connectivity index (χ0n) is 17.0. The number of amidine groups is 1. The lowest BCUT2D eigenvalue weighted by atomic mass is 10.2. The van der Waals surface area contributed by atoms with Crippen molar-refractivity contribution in [1.82, 2.24) is 20.7 Å². The molecule has 1 saturated carbocycles. The van der Waals surface area contributed by atoms with Gasteiger partial charge in [-0.3, -0.25) is 30.0 Å². The summed E-state index contributed by atoms with van der Waals surface area (Å²) in [5.41, 5.74) is 5.40. The molecule has 1 unspecified atom stereocenters. The van der Waals surface area contributed by atoms with E-state index in [-0.39, 0.29) is 18.4 Å². The lowest BCUT2D eigenvalue weighted by molar-refractivity contribution is -0.119. The predicted octanol–water partition coefficient (Wildman–Crippen LogP) is 2.37. The number of hydrazine groups is 1. The number of hydrogen-bond acceptors (Lipinski definition) is 7. The smallest absolute Gasteiger partial charge is 0.251 e. The molecule has 5 rings (SSSR count). The lowest BCUT2D eigenvalue weighted by Gasteiger charge is -2.30. The van der Waals surface area contributed by atoms with Crippen LogP contribution in [0.1, 0.15) is 23.2 Å². The van der Waals surface area contributed by atoms with Crippen LogP contribution < -0.4 is 16.1 Å². The van der Waals surface area contributed by atoms with Gasteiger partial charge < -0.3 is 10.6 Å². The van der Waals surface area contributed by atoms with E-state index < -0.39 is 6.04 Å². The van der Waals surface area contributed by atoms with E-state index in [1.807, 2.05) is 0 Å². The highest BCUT2D eigenvalue weighted by Gasteiger charge is 2.38. The summed E-state index contributed by atoms with van der Waals surface area (Å²) in [6.45, 7) is 0.260. The maximum absolute atomic E-state index is 12.8. The Balaban J connectivity index is 1.32. The Hall–Kier alpha value is -3.72. The van der Waals surface area contributed by atoms with Gasteiger partial charge >= 0.3 is 0 Å². The van der Waals surface area contributed by atoms with Crippen molar-refractivity contribution in [3.05, 3.63) is 65.6 Å². The van der Waals surface area contributed by atoms with Crippen molar-refractivity contribution >= 4 is 46.3 Å². The van der Waals surface area contributed by atoms with Gasteiger partial charge in [0, 0.05) is 35.8 Å². The number of hydrogen-bond donors (Lipinski definition) is 3.